The Morgan fingerprint density at radius 2 is 0.520 bits per heavy atom. The molecule has 434 valence electrons. The van der Waals surface area contributed by atoms with Crippen LogP contribution in [-0.4, -0.2) is 37.2 Å². The molecule has 0 fully saturated rings. The largest absolute Gasteiger partial charge is 0.462 e. The van der Waals surface area contributed by atoms with Crippen LogP contribution in [0.15, 0.2) is 72.9 Å². The van der Waals surface area contributed by atoms with Gasteiger partial charge in [0.2, 0.25) is 0 Å². The van der Waals surface area contributed by atoms with Crippen LogP contribution in [0.3, 0.4) is 0 Å². The predicted octanol–water partition coefficient (Wildman–Crippen LogP) is 22.1. The molecule has 0 rings (SSSR count). The highest BCUT2D eigenvalue weighted by Crippen LogP contribution is 2.17. The molecule has 0 saturated carbocycles. The maximum Gasteiger partial charge on any atom is 0.306 e. The molecule has 6 nitrogen and oxygen atoms in total. The lowest BCUT2D eigenvalue weighted by atomic mass is 10.0. The molecule has 0 bridgehead atoms. The molecule has 0 aliphatic rings. The summed E-state index contributed by atoms with van der Waals surface area (Å²) in [6, 6.07) is 0. The molecule has 1 unspecified atom stereocenters. The van der Waals surface area contributed by atoms with Crippen molar-refractivity contribution < 1.29 is 28.6 Å². The maximum atomic E-state index is 12.9. The van der Waals surface area contributed by atoms with Gasteiger partial charge in [-0.15, -0.1) is 0 Å². The van der Waals surface area contributed by atoms with Crippen molar-refractivity contribution in [1.82, 2.24) is 0 Å². The molecule has 1 atom stereocenters. The number of hydrogen-bond donors (Lipinski definition) is 0. The minimum atomic E-state index is -0.787. The Morgan fingerprint density at radius 3 is 0.827 bits per heavy atom. The Balaban J connectivity index is 4.39. The van der Waals surface area contributed by atoms with Crippen molar-refractivity contribution in [2.45, 2.75) is 335 Å². The molecular weight excluding hydrogens is 925 g/mol. The van der Waals surface area contributed by atoms with E-state index in [4.69, 9.17) is 14.2 Å². The Hall–Kier alpha value is -3.15. The molecule has 0 aliphatic heterocycles. The number of ether oxygens (including phenoxy) is 3. The summed E-state index contributed by atoms with van der Waals surface area (Å²) < 4.78 is 16.9. The molecule has 0 heterocycles. The molecule has 0 aromatic rings. The van der Waals surface area contributed by atoms with Gasteiger partial charge in [-0.1, -0.05) is 293 Å². The lowest BCUT2D eigenvalue weighted by molar-refractivity contribution is -0.167. The minimum Gasteiger partial charge on any atom is -0.462 e. The second-order valence-electron chi connectivity index (χ2n) is 21.6. The zero-order valence-corrected chi connectivity index (χ0v) is 49.8. The van der Waals surface area contributed by atoms with Gasteiger partial charge in [0.1, 0.15) is 13.2 Å². The number of unbranched alkanes of at least 4 members (excludes halogenated alkanes) is 36. The van der Waals surface area contributed by atoms with Crippen LogP contribution in [-0.2, 0) is 28.6 Å². The number of rotatable bonds is 59. The number of carbonyl (C=O) groups excluding carboxylic acids is 3. The van der Waals surface area contributed by atoms with Gasteiger partial charge in [0.15, 0.2) is 6.10 Å². The van der Waals surface area contributed by atoms with E-state index in [1.165, 1.54) is 173 Å². The highest BCUT2D eigenvalue weighted by Gasteiger charge is 2.19. The Bertz CT molecular complexity index is 1390. The molecule has 0 amide bonds. The van der Waals surface area contributed by atoms with Gasteiger partial charge in [-0.2, -0.15) is 0 Å². The van der Waals surface area contributed by atoms with Crippen LogP contribution in [0.5, 0.6) is 0 Å². The van der Waals surface area contributed by atoms with Crippen LogP contribution in [0.2, 0.25) is 0 Å². The van der Waals surface area contributed by atoms with Gasteiger partial charge < -0.3 is 14.2 Å². The molecule has 0 aromatic heterocycles. The molecular formula is C69H122O6. The summed E-state index contributed by atoms with van der Waals surface area (Å²) in [7, 11) is 0. The highest BCUT2D eigenvalue weighted by molar-refractivity contribution is 5.71. The molecule has 0 radical (unpaired) electrons. The predicted molar refractivity (Wildman–Crippen MR) is 325 cm³/mol. The Morgan fingerprint density at radius 1 is 0.280 bits per heavy atom. The lowest BCUT2D eigenvalue weighted by Gasteiger charge is -2.18. The van der Waals surface area contributed by atoms with Gasteiger partial charge in [0.05, 0.1) is 0 Å². The van der Waals surface area contributed by atoms with Crippen molar-refractivity contribution in [3.63, 3.8) is 0 Å². The summed E-state index contributed by atoms with van der Waals surface area (Å²) in [5.74, 6) is -0.892. The average molecular weight is 1050 g/mol. The molecule has 0 aliphatic carbocycles. The maximum absolute atomic E-state index is 12.9. The number of allylic oxidation sites excluding steroid dienone is 12. The topological polar surface area (TPSA) is 78.9 Å². The van der Waals surface area contributed by atoms with Crippen LogP contribution >= 0.6 is 0 Å². The fourth-order valence-corrected chi connectivity index (χ4v) is 9.35. The van der Waals surface area contributed by atoms with Gasteiger partial charge in [-0.3, -0.25) is 14.4 Å². The third kappa shape index (κ3) is 61.6. The van der Waals surface area contributed by atoms with Crippen molar-refractivity contribution in [2.75, 3.05) is 13.2 Å². The van der Waals surface area contributed by atoms with Gasteiger partial charge in [0.25, 0.3) is 0 Å². The van der Waals surface area contributed by atoms with Crippen LogP contribution in [0.4, 0.5) is 0 Å². The second kappa shape index (κ2) is 63.4. The number of carbonyl (C=O) groups is 3. The lowest BCUT2D eigenvalue weighted by Crippen LogP contribution is -2.30. The average Bonchev–Trinajstić information content (AvgIpc) is 3.41. The standard InChI is InChI=1S/C69H122O6/c1-4-7-10-13-16-19-22-25-28-31-33-35-37-38-41-44-47-50-53-56-59-62-68(71)74-65-66(64-73-67(70)61-58-55-52-49-46-43-40-30-27-24-21-18-15-12-9-6-3)75-69(72)63-60-57-54-51-48-45-42-39-36-34-32-29-26-23-20-17-14-11-8-5-2/h7,10,16,19,25,28,30,33,35,38,40-41,66H,4-6,8-9,11-15,17-18,20-24,26-27,29,31-32,34,36-37,39,42-65H2,1-3H3/b10-7-,19-16-,28-25-,35-33-,40-30-,41-38-. The van der Waals surface area contributed by atoms with E-state index in [0.717, 1.165) is 116 Å². The first-order valence-corrected chi connectivity index (χ1v) is 32.4. The molecule has 0 N–H and O–H groups in total. The van der Waals surface area contributed by atoms with Crippen LogP contribution in [0.1, 0.15) is 329 Å². The van der Waals surface area contributed by atoms with Crippen molar-refractivity contribution >= 4 is 17.9 Å². The van der Waals surface area contributed by atoms with Crippen molar-refractivity contribution in [3.8, 4) is 0 Å². The van der Waals surface area contributed by atoms with Gasteiger partial charge >= 0.3 is 17.9 Å². The van der Waals surface area contributed by atoms with Crippen molar-refractivity contribution in [1.29, 1.82) is 0 Å². The molecule has 6 heteroatoms. The first-order valence-electron chi connectivity index (χ1n) is 32.4. The van der Waals surface area contributed by atoms with E-state index in [1.54, 1.807) is 0 Å². The first-order chi connectivity index (χ1) is 37.0. The van der Waals surface area contributed by atoms with Crippen LogP contribution < -0.4 is 0 Å². The number of esters is 3. The summed E-state index contributed by atoms with van der Waals surface area (Å²) in [6.07, 6.45) is 81.9. The third-order valence-corrected chi connectivity index (χ3v) is 14.2. The fourth-order valence-electron chi connectivity index (χ4n) is 9.35. The number of hydrogen-bond acceptors (Lipinski definition) is 6. The van der Waals surface area contributed by atoms with Crippen LogP contribution in [0, 0.1) is 0 Å². The van der Waals surface area contributed by atoms with E-state index in [2.05, 4.69) is 93.7 Å². The van der Waals surface area contributed by atoms with Crippen LogP contribution in [0.25, 0.3) is 0 Å². The SMILES string of the molecule is CC/C=C\C/C=C\C/C=C\C/C=C\C/C=C\CCCCCCCC(=O)OCC(COC(=O)CCCCCCC/C=C\CCCCCCCCC)OC(=O)CCCCCCCCCCCCCCCCCCCCCC. The monoisotopic (exact) mass is 1050 g/mol. The zero-order valence-electron chi connectivity index (χ0n) is 49.8. The van der Waals surface area contributed by atoms with Gasteiger partial charge in [-0.05, 0) is 89.9 Å². The Kier molecular flexibility index (Phi) is 60.7. The minimum absolute atomic E-state index is 0.0831. The van der Waals surface area contributed by atoms with E-state index in [1.807, 2.05) is 0 Å². The summed E-state index contributed by atoms with van der Waals surface area (Å²) in [4.78, 5) is 38.3. The quantitative estimate of drug-likeness (QED) is 0.0261. The Labute approximate surface area is 465 Å². The normalized spacial score (nSPS) is 12.5. The second-order valence-corrected chi connectivity index (χ2v) is 21.6. The highest BCUT2D eigenvalue weighted by atomic mass is 16.6. The van der Waals surface area contributed by atoms with E-state index in [9.17, 15) is 14.4 Å². The fraction of sp³-hybridized carbons (Fsp3) is 0.783. The molecule has 0 saturated heterocycles. The van der Waals surface area contributed by atoms with E-state index in [-0.39, 0.29) is 31.1 Å². The van der Waals surface area contributed by atoms with Crippen molar-refractivity contribution in [3.05, 3.63) is 72.9 Å². The summed E-state index contributed by atoms with van der Waals surface area (Å²) in [5, 5.41) is 0. The molecule has 75 heavy (non-hydrogen) atoms. The molecule has 0 spiro atoms. The van der Waals surface area contributed by atoms with E-state index in [0.29, 0.717) is 19.3 Å². The van der Waals surface area contributed by atoms with E-state index < -0.39 is 6.10 Å². The smallest absolute Gasteiger partial charge is 0.306 e. The summed E-state index contributed by atoms with van der Waals surface area (Å²) >= 11 is 0. The summed E-state index contributed by atoms with van der Waals surface area (Å²) in [6.45, 7) is 6.55. The van der Waals surface area contributed by atoms with Crippen molar-refractivity contribution in [2.24, 2.45) is 0 Å². The third-order valence-electron chi connectivity index (χ3n) is 14.2. The van der Waals surface area contributed by atoms with Gasteiger partial charge in [-0.25, -0.2) is 0 Å². The van der Waals surface area contributed by atoms with Gasteiger partial charge in [0, 0.05) is 19.3 Å². The zero-order chi connectivity index (χ0) is 54.3. The summed E-state index contributed by atoms with van der Waals surface area (Å²) in [5.41, 5.74) is 0. The first kappa shape index (κ1) is 71.8. The molecule has 0 aromatic carbocycles. The van der Waals surface area contributed by atoms with E-state index >= 15 is 0 Å².